The molecule has 2 unspecified atom stereocenters. The second kappa shape index (κ2) is 6.70. The fraction of sp³-hybridized carbons (Fsp3) is 0.833. The van der Waals surface area contributed by atoms with Crippen molar-refractivity contribution in [2.45, 2.75) is 31.9 Å². The number of ether oxygens (including phenoxy) is 1. The number of carbonyl (C=O) groups excluding carboxylic acids is 1. The lowest BCUT2D eigenvalue weighted by atomic mass is 10.3. The Bertz CT molecular complexity index is 105. The van der Waals surface area contributed by atoms with Gasteiger partial charge >= 0.3 is 5.97 Å². The van der Waals surface area contributed by atoms with Gasteiger partial charge in [0, 0.05) is 6.04 Å². The van der Waals surface area contributed by atoms with Gasteiger partial charge in [0.2, 0.25) is 0 Å². The van der Waals surface area contributed by atoms with Gasteiger partial charge < -0.3 is 10.5 Å². The molecular weight excluding hydrogens is 189 g/mol. The fourth-order valence-electron chi connectivity index (χ4n) is 0.492. The molecule has 0 aromatic carbocycles. The third-order valence-electron chi connectivity index (χ3n) is 0.782. The predicted octanol–water partition coefficient (Wildman–Crippen LogP) is 1.27. The summed E-state index contributed by atoms with van der Waals surface area (Å²) in [5, 5.41) is 0. The van der Waals surface area contributed by atoms with E-state index in [1.807, 2.05) is 0 Å². The summed E-state index contributed by atoms with van der Waals surface area (Å²) in [5.41, 5.74) is 4.76. The molecule has 68 valence electrons. The first-order chi connectivity index (χ1) is 4.52. The molecule has 0 aliphatic rings. The average molecular weight is 202 g/mol. The number of nitrogens with two attached hydrogens (primary N) is 1. The summed E-state index contributed by atoms with van der Waals surface area (Å²) in [6.45, 7) is 3.32. The van der Waals surface area contributed by atoms with Gasteiger partial charge in [-0.2, -0.15) is 0 Å². The van der Waals surface area contributed by atoms with Gasteiger partial charge in [-0.05, 0) is 13.8 Å². The summed E-state index contributed by atoms with van der Waals surface area (Å²) >= 11 is 5.37. The Hall–Kier alpha value is 0.01000. The summed E-state index contributed by atoms with van der Waals surface area (Å²) in [7, 11) is 0. The van der Waals surface area contributed by atoms with Crippen molar-refractivity contribution in [3.05, 3.63) is 0 Å². The Labute approximate surface area is 77.6 Å². The lowest BCUT2D eigenvalue weighted by Crippen LogP contribution is -2.22. The van der Waals surface area contributed by atoms with Gasteiger partial charge in [-0.25, -0.2) is 0 Å². The first kappa shape index (κ1) is 13.6. The van der Waals surface area contributed by atoms with Crippen LogP contribution in [-0.4, -0.2) is 17.6 Å². The lowest BCUT2D eigenvalue weighted by molar-refractivity contribution is -0.145. The zero-order chi connectivity index (χ0) is 8.15. The van der Waals surface area contributed by atoms with Crippen LogP contribution in [0.3, 0.4) is 0 Å². The summed E-state index contributed by atoms with van der Waals surface area (Å²) in [6.07, 6.45) is 0.219. The number of hydrogen-bond acceptors (Lipinski definition) is 3. The zero-order valence-corrected chi connectivity index (χ0v) is 8.11. The van der Waals surface area contributed by atoms with Crippen LogP contribution in [0.15, 0.2) is 0 Å². The van der Waals surface area contributed by atoms with Crippen LogP contribution in [0, 0.1) is 0 Å². The summed E-state index contributed by atoms with van der Waals surface area (Å²) in [5.74, 6) is -0.350. The molecule has 0 fully saturated rings. The maximum atomic E-state index is 10.7. The molecule has 0 aliphatic heterocycles. The highest BCUT2D eigenvalue weighted by atomic mass is 35.5. The molecule has 0 aromatic heterocycles. The fourth-order valence-corrected chi connectivity index (χ4v) is 0.591. The van der Waals surface area contributed by atoms with Crippen LogP contribution in [0.5, 0.6) is 0 Å². The van der Waals surface area contributed by atoms with Gasteiger partial charge in [0.1, 0.15) is 0 Å². The Morgan fingerprint density at radius 3 is 2.36 bits per heavy atom. The molecule has 0 rings (SSSR count). The van der Waals surface area contributed by atoms with Crippen molar-refractivity contribution in [3.8, 4) is 0 Å². The van der Waals surface area contributed by atoms with Crippen molar-refractivity contribution >= 4 is 30.0 Å². The molecule has 2 N–H and O–H groups in total. The third kappa shape index (κ3) is 10.0. The molecule has 0 radical (unpaired) electrons. The highest BCUT2D eigenvalue weighted by Crippen LogP contribution is 1.99. The second-order valence-electron chi connectivity index (χ2n) is 2.21. The van der Waals surface area contributed by atoms with Gasteiger partial charge in [0.15, 0.2) is 5.56 Å². The van der Waals surface area contributed by atoms with Crippen LogP contribution < -0.4 is 5.73 Å². The molecule has 2 atom stereocenters. The summed E-state index contributed by atoms with van der Waals surface area (Å²) in [6, 6.07) is -0.164. The maximum absolute atomic E-state index is 10.7. The van der Waals surface area contributed by atoms with E-state index in [0.717, 1.165) is 0 Å². The van der Waals surface area contributed by atoms with Crippen molar-refractivity contribution in [1.29, 1.82) is 0 Å². The third-order valence-corrected chi connectivity index (χ3v) is 0.872. The molecule has 5 heteroatoms. The van der Waals surface area contributed by atoms with Gasteiger partial charge in [-0.3, -0.25) is 4.79 Å². The quantitative estimate of drug-likeness (QED) is 0.553. The van der Waals surface area contributed by atoms with Gasteiger partial charge in [0.25, 0.3) is 0 Å². The minimum Gasteiger partial charge on any atom is -0.446 e. The number of esters is 1. The standard InChI is InChI=1S/C6H12ClNO2.ClH/c1-4(8)3-6(9)10-5(2)7;/h4-5H,3,8H2,1-2H3;1H. The number of rotatable bonds is 3. The summed E-state index contributed by atoms with van der Waals surface area (Å²) < 4.78 is 4.61. The zero-order valence-electron chi connectivity index (χ0n) is 6.54. The minimum absolute atomic E-state index is 0. The van der Waals surface area contributed by atoms with Crippen molar-refractivity contribution < 1.29 is 9.53 Å². The van der Waals surface area contributed by atoms with E-state index in [4.69, 9.17) is 17.3 Å². The Kier molecular flexibility index (Phi) is 8.28. The van der Waals surface area contributed by atoms with Crippen molar-refractivity contribution in [2.75, 3.05) is 0 Å². The molecule has 0 spiro atoms. The number of carbonyl (C=O) groups is 1. The molecule has 11 heavy (non-hydrogen) atoms. The van der Waals surface area contributed by atoms with E-state index in [1.54, 1.807) is 13.8 Å². The highest BCUT2D eigenvalue weighted by Gasteiger charge is 2.08. The Morgan fingerprint density at radius 2 is 2.09 bits per heavy atom. The smallest absolute Gasteiger partial charge is 0.308 e. The first-order valence-corrected chi connectivity index (χ1v) is 3.55. The second-order valence-corrected chi connectivity index (χ2v) is 2.83. The van der Waals surface area contributed by atoms with E-state index in [-0.39, 0.29) is 30.8 Å². The largest absolute Gasteiger partial charge is 0.446 e. The van der Waals surface area contributed by atoms with Crippen LogP contribution in [0.25, 0.3) is 0 Å². The van der Waals surface area contributed by atoms with Crippen LogP contribution in [0.4, 0.5) is 0 Å². The van der Waals surface area contributed by atoms with Crippen molar-refractivity contribution in [2.24, 2.45) is 5.73 Å². The van der Waals surface area contributed by atoms with Crippen molar-refractivity contribution in [1.82, 2.24) is 0 Å². The molecule has 0 heterocycles. The molecular formula is C6H13Cl2NO2. The summed E-state index contributed by atoms with van der Waals surface area (Å²) in [4.78, 5) is 10.7. The number of hydrogen-bond donors (Lipinski definition) is 1. The van der Waals surface area contributed by atoms with E-state index in [1.165, 1.54) is 0 Å². The monoisotopic (exact) mass is 201 g/mol. The molecule has 0 aliphatic carbocycles. The van der Waals surface area contributed by atoms with Crippen LogP contribution in [0.2, 0.25) is 0 Å². The van der Waals surface area contributed by atoms with Crippen molar-refractivity contribution in [3.63, 3.8) is 0 Å². The maximum Gasteiger partial charge on any atom is 0.308 e. The average Bonchev–Trinajstić information content (AvgIpc) is 1.58. The van der Waals surface area contributed by atoms with Gasteiger partial charge in [-0.1, -0.05) is 11.6 Å². The van der Waals surface area contributed by atoms with Crippen LogP contribution >= 0.6 is 24.0 Å². The topological polar surface area (TPSA) is 52.3 Å². The number of halogens is 2. The van der Waals surface area contributed by atoms with Gasteiger partial charge in [-0.15, -0.1) is 12.4 Å². The molecule has 0 saturated heterocycles. The normalized spacial score (nSPS) is 14.5. The molecule has 0 saturated carbocycles. The highest BCUT2D eigenvalue weighted by molar-refractivity contribution is 6.19. The SMILES string of the molecule is CC(N)CC(=O)OC(C)Cl.Cl. The van der Waals surface area contributed by atoms with Crippen LogP contribution in [0.1, 0.15) is 20.3 Å². The van der Waals surface area contributed by atoms with Crippen LogP contribution in [-0.2, 0) is 9.53 Å². The van der Waals surface area contributed by atoms with E-state index < -0.39 is 5.56 Å². The van der Waals surface area contributed by atoms with E-state index >= 15 is 0 Å². The van der Waals surface area contributed by atoms with E-state index in [9.17, 15) is 4.79 Å². The lowest BCUT2D eigenvalue weighted by Gasteiger charge is -2.07. The predicted molar refractivity (Wildman–Crippen MR) is 46.9 cm³/mol. The molecule has 0 amide bonds. The Morgan fingerprint density at radius 1 is 1.64 bits per heavy atom. The van der Waals surface area contributed by atoms with E-state index in [2.05, 4.69) is 4.74 Å². The molecule has 0 aromatic rings. The molecule has 3 nitrogen and oxygen atoms in total. The number of alkyl halides is 1. The van der Waals surface area contributed by atoms with E-state index in [0.29, 0.717) is 0 Å². The van der Waals surface area contributed by atoms with Gasteiger partial charge in [0.05, 0.1) is 6.42 Å². The Balaban J connectivity index is 0. The minimum atomic E-state index is -0.564. The first-order valence-electron chi connectivity index (χ1n) is 3.11. The molecule has 0 bridgehead atoms.